The molecule has 0 spiro atoms. The SMILES string of the molecule is O=C(O)CC(NC(=O)c1cccnc1)C(=O)O. The molecular weight excluding hydrogens is 228 g/mol. The molecule has 1 atom stereocenters. The van der Waals surface area contributed by atoms with Crippen LogP contribution in [0.5, 0.6) is 0 Å². The third-order valence-corrected chi connectivity index (χ3v) is 1.91. The third-order valence-electron chi connectivity index (χ3n) is 1.91. The van der Waals surface area contributed by atoms with Crippen molar-refractivity contribution in [3.8, 4) is 0 Å². The molecule has 0 aliphatic heterocycles. The zero-order chi connectivity index (χ0) is 12.8. The van der Waals surface area contributed by atoms with Gasteiger partial charge in [0, 0.05) is 12.4 Å². The lowest BCUT2D eigenvalue weighted by Crippen LogP contribution is -2.42. The first-order valence-electron chi connectivity index (χ1n) is 4.66. The minimum absolute atomic E-state index is 0.170. The fraction of sp³-hybridized carbons (Fsp3) is 0.200. The molecule has 0 saturated carbocycles. The van der Waals surface area contributed by atoms with Crippen LogP contribution in [0.2, 0.25) is 0 Å². The number of nitrogens with one attached hydrogen (secondary N) is 1. The number of aromatic nitrogens is 1. The van der Waals surface area contributed by atoms with E-state index in [-0.39, 0.29) is 5.56 Å². The van der Waals surface area contributed by atoms with Gasteiger partial charge in [0.25, 0.3) is 5.91 Å². The normalized spacial score (nSPS) is 11.5. The highest BCUT2D eigenvalue weighted by molar-refractivity contribution is 5.97. The van der Waals surface area contributed by atoms with Gasteiger partial charge in [0.05, 0.1) is 12.0 Å². The number of aliphatic carboxylic acids is 2. The molecule has 1 unspecified atom stereocenters. The standard InChI is InChI=1S/C10H10N2O5/c13-8(14)4-7(10(16)17)12-9(15)6-2-1-3-11-5-6/h1-3,5,7H,4H2,(H,12,15)(H,13,14)(H,16,17). The Balaban J connectivity index is 2.71. The summed E-state index contributed by atoms with van der Waals surface area (Å²) >= 11 is 0. The van der Waals surface area contributed by atoms with Gasteiger partial charge in [-0.3, -0.25) is 14.6 Å². The predicted molar refractivity (Wildman–Crippen MR) is 55.4 cm³/mol. The fourth-order valence-electron chi connectivity index (χ4n) is 1.11. The molecule has 7 nitrogen and oxygen atoms in total. The Bertz CT molecular complexity index is 432. The first-order valence-corrected chi connectivity index (χ1v) is 4.66. The van der Waals surface area contributed by atoms with Gasteiger partial charge in [0.2, 0.25) is 0 Å². The molecule has 0 aromatic carbocycles. The Morgan fingerprint density at radius 1 is 1.35 bits per heavy atom. The second-order valence-corrected chi connectivity index (χ2v) is 3.20. The predicted octanol–water partition coefficient (Wildman–Crippen LogP) is -0.261. The number of hydrogen-bond acceptors (Lipinski definition) is 4. The van der Waals surface area contributed by atoms with Crippen LogP contribution in [0.1, 0.15) is 16.8 Å². The van der Waals surface area contributed by atoms with E-state index in [9.17, 15) is 14.4 Å². The maximum absolute atomic E-state index is 11.5. The molecule has 1 heterocycles. The van der Waals surface area contributed by atoms with Crippen molar-refractivity contribution in [2.75, 3.05) is 0 Å². The van der Waals surface area contributed by atoms with Crippen LogP contribution in [0.4, 0.5) is 0 Å². The first-order chi connectivity index (χ1) is 8.00. The molecule has 1 amide bonds. The minimum atomic E-state index is -1.46. The van der Waals surface area contributed by atoms with Gasteiger partial charge in [0.1, 0.15) is 6.04 Å². The molecule has 90 valence electrons. The van der Waals surface area contributed by atoms with Gasteiger partial charge in [-0.15, -0.1) is 0 Å². The van der Waals surface area contributed by atoms with Gasteiger partial charge in [0.15, 0.2) is 0 Å². The van der Waals surface area contributed by atoms with Crippen molar-refractivity contribution in [3.63, 3.8) is 0 Å². The lowest BCUT2D eigenvalue weighted by Gasteiger charge is -2.11. The second kappa shape index (κ2) is 5.59. The maximum atomic E-state index is 11.5. The summed E-state index contributed by atoms with van der Waals surface area (Å²) in [6.07, 6.45) is 2.04. The van der Waals surface area contributed by atoms with E-state index in [0.29, 0.717) is 0 Å². The topological polar surface area (TPSA) is 117 Å². The number of pyridine rings is 1. The van der Waals surface area contributed by atoms with E-state index < -0.39 is 30.3 Å². The smallest absolute Gasteiger partial charge is 0.326 e. The van der Waals surface area contributed by atoms with E-state index in [0.717, 1.165) is 0 Å². The molecule has 0 aliphatic rings. The van der Waals surface area contributed by atoms with Crippen LogP contribution < -0.4 is 5.32 Å². The van der Waals surface area contributed by atoms with Crippen molar-refractivity contribution in [3.05, 3.63) is 30.1 Å². The zero-order valence-electron chi connectivity index (χ0n) is 8.66. The number of amides is 1. The molecule has 1 rings (SSSR count). The van der Waals surface area contributed by atoms with Crippen LogP contribution in [0.15, 0.2) is 24.5 Å². The van der Waals surface area contributed by atoms with Crippen LogP contribution in [0.3, 0.4) is 0 Å². The molecule has 7 heteroatoms. The number of rotatable bonds is 5. The molecule has 0 bridgehead atoms. The quantitative estimate of drug-likeness (QED) is 0.650. The Morgan fingerprint density at radius 3 is 2.53 bits per heavy atom. The van der Waals surface area contributed by atoms with Gasteiger partial charge < -0.3 is 15.5 Å². The Morgan fingerprint density at radius 2 is 2.06 bits per heavy atom. The highest BCUT2D eigenvalue weighted by Gasteiger charge is 2.23. The Kier molecular flexibility index (Phi) is 4.15. The van der Waals surface area contributed by atoms with E-state index in [1.165, 1.54) is 24.5 Å². The number of nitrogens with zero attached hydrogens (tertiary/aromatic N) is 1. The van der Waals surface area contributed by atoms with Crippen molar-refractivity contribution in [1.82, 2.24) is 10.3 Å². The summed E-state index contributed by atoms with van der Waals surface area (Å²) in [6, 6.07) is 1.50. The molecule has 1 aromatic rings. The number of carbonyl (C=O) groups is 3. The molecule has 0 aliphatic carbocycles. The van der Waals surface area contributed by atoms with Crippen molar-refractivity contribution < 1.29 is 24.6 Å². The number of carbonyl (C=O) groups excluding carboxylic acids is 1. The van der Waals surface area contributed by atoms with Crippen LogP contribution in [0.25, 0.3) is 0 Å². The van der Waals surface area contributed by atoms with Gasteiger partial charge in [-0.2, -0.15) is 0 Å². The van der Waals surface area contributed by atoms with Crippen LogP contribution >= 0.6 is 0 Å². The van der Waals surface area contributed by atoms with Crippen LogP contribution in [0, 0.1) is 0 Å². The molecule has 0 fully saturated rings. The summed E-state index contributed by atoms with van der Waals surface area (Å²) in [5.41, 5.74) is 0.170. The van der Waals surface area contributed by atoms with Crippen LogP contribution in [-0.4, -0.2) is 39.1 Å². The average Bonchev–Trinajstić information content (AvgIpc) is 2.28. The van der Waals surface area contributed by atoms with Crippen molar-refractivity contribution in [2.24, 2.45) is 0 Å². The van der Waals surface area contributed by atoms with Gasteiger partial charge >= 0.3 is 11.9 Å². The Hall–Kier alpha value is -2.44. The maximum Gasteiger partial charge on any atom is 0.326 e. The van der Waals surface area contributed by atoms with Crippen molar-refractivity contribution in [1.29, 1.82) is 0 Å². The summed E-state index contributed by atoms with van der Waals surface area (Å²) in [6.45, 7) is 0. The van der Waals surface area contributed by atoms with E-state index in [1.54, 1.807) is 0 Å². The lowest BCUT2D eigenvalue weighted by atomic mass is 10.2. The van der Waals surface area contributed by atoms with E-state index in [2.05, 4.69) is 10.3 Å². The minimum Gasteiger partial charge on any atom is -0.481 e. The molecule has 0 saturated heterocycles. The molecule has 0 radical (unpaired) electrons. The molecule has 1 aromatic heterocycles. The fourth-order valence-corrected chi connectivity index (χ4v) is 1.11. The summed E-state index contributed by atoms with van der Waals surface area (Å²) in [5.74, 6) is -3.37. The highest BCUT2D eigenvalue weighted by atomic mass is 16.4. The summed E-state index contributed by atoms with van der Waals surface area (Å²) < 4.78 is 0. The summed E-state index contributed by atoms with van der Waals surface area (Å²) in [5, 5.41) is 19.3. The van der Waals surface area contributed by atoms with Gasteiger partial charge in [-0.25, -0.2) is 4.79 Å². The molecular formula is C10H10N2O5. The number of carboxylic acid groups (broad SMARTS) is 2. The van der Waals surface area contributed by atoms with Crippen molar-refractivity contribution in [2.45, 2.75) is 12.5 Å². The van der Waals surface area contributed by atoms with Crippen LogP contribution in [-0.2, 0) is 9.59 Å². The largest absolute Gasteiger partial charge is 0.481 e. The first kappa shape index (κ1) is 12.6. The molecule has 17 heavy (non-hydrogen) atoms. The molecule has 3 N–H and O–H groups in total. The Labute approximate surface area is 96.1 Å². The number of carboxylic acids is 2. The van der Waals surface area contributed by atoms with Gasteiger partial charge in [-0.05, 0) is 12.1 Å². The zero-order valence-corrected chi connectivity index (χ0v) is 8.66. The second-order valence-electron chi connectivity index (χ2n) is 3.20. The van der Waals surface area contributed by atoms with Gasteiger partial charge in [-0.1, -0.05) is 0 Å². The van der Waals surface area contributed by atoms with E-state index >= 15 is 0 Å². The van der Waals surface area contributed by atoms with E-state index in [1.807, 2.05) is 0 Å². The summed E-state index contributed by atoms with van der Waals surface area (Å²) in [4.78, 5) is 36.3. The monoisotopic (exact) mass is 238 g/mol. The van der Waals surface area contributed by atoms with E-state index in [4.69, 9.17) is 10.2 Å². The highest BCUT2D eigenvalue weighted by Crippen LogP contribution is 1.99. The number of hydrogen-bond donors (Lipinski definition) is 3. The lowest BCUT2D eigenvalue weighted by molar-refractivity contribution is -0.145. The van der Waals surface area contributed by atoms with Crippen molar-refractivity contribution >= 4 is 17.8 Å². The summed E-state index contributed by atoms with van der Waals surface area (Å²) in [7, 11) is 0. The average molecular weight is 238 g/mol. The third kappa shape index (κ3) is 3.90.